The van der Waals surface area contributed by atoms with Crippen LogP contribution in [0.4, 0.5) is 0 Å². The number of carbonyl (C=O) groups is 1. The van der Waals surface area contributed by atoms with Crippen molar-refractivity contribution >= 4 is 5.97 Å². The molecule has 0 amide bonds. The minimum Gasteiger partial charge on any atom is -0.462 e. The highest BCUT2D eigenvalue weighted by Gasteiger charge is 2.56. The second-order valence-electron chi connectivity index (χ2n) is 4.44. The number of esters is 1. The van der Waals surface area contributed by atoms with E-state index in [1.54, 1.807) is 0 Å². The van der Waals surface area contributed by atoms with Crippen molar-refractivity contribution in [2.45, 2.75) is 25.9 Å². The van der Waals surface area contributed by atoms with E-state index in [9.17, 15) is 4.79 Å². The number of fused-ring (bicyclic) bond motifs is 5. The molecule has 3 rings (SSSR count). The van der Waals surface area contributed by atoms with Crippen molar-refractivity contribution in [3.05, 3.63) is 12.2 Å². The summed E-state index contributed by atoms with van der Waals surface area (Å²) < 4.78 is 5.38. The van der Waals surface area contributed by atoms with E-state index >= 15 is 0 Å². The maximum absolute atomic E-state index is 11.6. The number of ether oxygens (including phenoxy) is 1. The number of hydrogen-bond donors (Lipinski definition) is 0. The summed E-state index contributed by atoms with van der Waals surface area (Å²) in [6.07, 6.45) is 6.88. The standard InChI is InChI=1S/C11H14O2/c1-2-8-9-6-3-4-7(5-6)10(9)11(12)13-8/h3-4,6-10H,2,5H2,1H3/t6-,7+,8+,9+,10+/m1/s1. The predicted octanol–water partition coefficient (Wildman–Crippen LogP) is 1.76. The highest BCUT2D eigenvalue weighted by molar-refractivity contribution is 5.77. The molecule has 1 heterocycles. The topological polar surface area (TPSA) is 26.3 Å². The van der Waals surface area contributed by atoms with Crippen LogP contribution in [-0.4, -0.2) is 12.1 Å². The van der Waals surface area contributed by atoms with Crippen molar-refractivity contribution in [2.75, 3.05) is 0 Å². The molecule has 13 heavy (non-hydrogen) atoms. The molecule has 2 heteroatoms. The molecule has 2 nitrogen and oxygen atoms in total. The summed E-state index contributed by atoms with van der Waals surface area (Å²) in [6, 6.07) is 0. The third-order valence-corrected chi connectivity index (χ3v) is 3.89. The number of allylic oxidation sites excluding steroid dienone is 2. The first-order valence-electron chi connectivity index (χ1n) is 5.20. The highest BCUT2D eigenvalue weighted by atomic mass is 16.6. The van der Waals surface area contributed by atoms with Crippen molar-refractivity contribution in [2.24, 2.45) is 23.7 Å². The minimum atomic E-state index is 0.0636. The molecular formula is C11H14O2. The predicted molar refractivity (Wildman–Crippen MR) is 47.9 cm³/mol. The monoisotopic (exact) mass is 178 g/mol. The summed E-state index contributed by atoms with van der Waals surface area (Å²) in [5, 5.41) is 0. The quantitative estimate of drug-likeness (QED) is 0.452. The summed E-state index contributed by atoms with van der Waals surface area (Å²) in [5.74, 6) is 1.91. The van der Waals surface area contributed by atoms with Crippen molar-refractivity contribution < 1.29 is 9.53 Å². The van der Waals surface area contributed by atoms with Crippen molar-refractivity contribution in [3.63, 3.8) is 0 Å². The van der Waals surface area contributed by atoms with Gasteiger partial charge in [-0.2, -0.15) is 0 Å². The van der Waals surface area contributed by atoms with Gasteiger partial charge in [0.1, 0.15) is 6.10 Å². The smallest absolute Gasteiger partial charge is 0.310 e. The molecule has 3 aliphatic rings. The van der Waals surface area contributed by atoms with E-state index in [1.165, 1.54) is 6.42 Å². The summed E-state index contributed by atoms with van der Waals surface area (Å²) >= 11 is 0. The maximum Gasteiger partial charge on any atom is 0.310 e. The molecule has 5 atom stereocenters. The molecule has 0 radical (unpaired) electrons. The third kappa shape index (κ3) is 0.812. The summed E-state index contributed by atoms with van der Waals surface area (Å²) in [7, 11) is 0. The van der Waals surface area contributed by atoms with E-state index in [4.69, 9.17) is 4.74 Å². The van der Waals surface area contributed by atoms with Crippen LogP contribution in [-0.2, 0) is 9.53 Å². The van der Waals surface area contributed by atoms with Crippen LogP contribution in [0, 0.1) is 23.7 Å². The molecule has 2 bridgehead atoms. The van der Waals surface area contributed by atoms with Gasteiger partial charge in [-0.05, 0) is 24.7 Å². The van der Waals surface area contributed by atoms with Gasteiger partial charge in [0.05, 0.1) is 5.92 Å². The second-order valence-corrected chi connectivity index (χ2v) is 4.44. The first kappa shape index (κ1) is 7.60. The fraction of sp³-hybridized carbons (Fsp3) is 0.727. The first-order valence-corrected chi connectivity index (χ1v) is 5.20. The molecule has 1 saturated carbocycles. The van der Waals surface area contributed by atoms with Gasteiger partial charge in [-0.25, -0.2) is 0 Å². The van der Waals surface area contributed by atoms with E-state index in [0.29, 0.717) is 17.8 Å². The van der Waals surface area contributed by atoms with E-state index in [1.807, 2.05) is 0 Å². The zero-order chi connectivity index (χ0) is 9.00. The van der Waals surface area contributed by atoms with Crippen LogP contribution in [0.1, 0.15) is 19.8 Å². The largest absolute Gasteiger partial charge is 0.462 e. The van der Waals surface area contributed by atoms with Gasteiger partial charge in [0.2, 0.25) is 0 Å². The van der Waals surface area contributed by atoms with Crippen molar-refractivity contribution in [1.82, 2.24) is 0 Å². The van der Waals surface area contributed by atoms with Gasteiger partial charge in [-0.3, -0.25) is 4.79 Å². The average molecular weight is 178 g/mol. The summed E-state index contributed by atoms with van der Waals surface area (Å²) in [4.78, 5) is 11.6. The Bertz CT molecular complexity index is 282. The SMILES string of the molecule is CC[C@@H]1OC(=O)[C@@H]2[C@H]1[C@@H]1C=C[C@H]2C1. The Hall–Kier alpha value is -0.790. The van der Waals surface area contributed by atoms with Gasteiger partial charge in [0.25, 0.3) is 0 Å². The molecule has 0 aromatic rings. The lowest BCUT2D eigenvalue weighted by molar-refractivity contribution is -0.145. The van der Waals surface area contributed by atoms with Gasteiger partial charge >= 0.3 is 5.97 Å². The fourth-order valence-electron chi connectivity index (χ4n) is 3.36. The van der Waals surface area contributed by atoms with Crippen LogP contribution < -0.4 is 0 Å². The van der Waals surface area contributed by atoms with Crippen molar-refractivity contribution in [3.8, 4) is 0 Å². The van der Waals surface area contributed by atoms with Gasteiger partial charge in [0, 0.05) is 5.92 Å². The molecule has 2 fully saturated rings. The molecule has 0 spiro atoms. The minimum absolute atomic E-state index is 0.0636. The zero-order valence-electron chi connectivity index (χ0n) is 7.77. The molecule has 0 aromatic carbocycles. The van der Waals surface area contributed by atoms with Crippen LogP contribution in [0.25, 0.3) is 0 Å². The Kier molecular flexibility index (Phi) is 1.38. The van der Waals surface area contributed by atoms with Gasteiger partial charge in [-0.15, -0.1) is 0 Å². The lowest BCUT2D eigenvalue weighted by Gasteiger charge is -2.20. The van der Waals surface area contributed by atoms with E-state index in [0.717, 1.165) is 6.42 Å². The lowest BCUT2D eigenvalue weighted by atomic mass is 9.81. The van der Waals surface area contributed by atoms with Crippen LogP contribution in [0.2, 0.25) is 0 Å². The lowest BCUT2D eigenvalue weighted by Crippen LogP contribution is -2.24. The molecule has 2 aliphatic carbocycles. The Morgan fingerprint density at radius 1 is 1.46 bits per heavy atom. The second kappa shape index (κ2) is 2.37. The maximum atomic E-state index is 11.6. The number of carbonyl (C=O) groups excluding carboxylic acids is 1. The van der Waals surface area contributed by atoms with Gasteiger partial charge in [0.15, 0.2) is 0 Å². The molecule has 0 N–H and O–H groups in total. The number of cyclic esters (lactones) is 1. The molecule has 0 aromatic heterocycles. The van der Waals surface area contributed by atoms with E-state index in [-0.39, 0.29) is 18.0 Å². The Morgan fingerprint density at radius 3 is 3.00 bits per heavy atom. The number of hydrogen-bond acceptors (Lipinski definition) is 2. The van der Waals surface area contributed by atoms with Crippen molar-refractivity contribution in [1.29, 1.82) is 0 Å². The Labute approximate surface area is 78.0 Å². The highest BCUT2D eigenvalue weighted by Crippen LogP contribution is 2.54. The average Bonchev–Trinajstić information content (AvgIpc) is 2.76. The normalized spacial score (nSPS) is 51.2. The third-order valence-electron chi connectivity index (χ3n) is 3.89. The number of rotatable bonds is 1. The Morgan fingerprint density at radius 2 is 2.23 bits per heavy atom. The first-order chi connectivity index (χ1) is 6.31. The van der Waals surface area contributed by atoms with Crippen LogP contribution in [0.5, 0.6) is 0 Å². The Balaban J connectivity index is 1.97. The van der Waals surface area contributed by atoms with E-state index < -0.39 is 0 Å². The van der Waals surface area contributed by atoms with Crippen LogP contribution in [0.3, 0.4) is 0 Å². The molecule has 70 valence electrons. The van der Waals surface area contributed by atoms with Crippen LogP contribution >= 0.6 is 0 Å². The molecule has 1 saturated heterocycles. The summed E-state index contributed by atoms with van der Waals surface area (Å²) in [6.45, 7) is 2.11. The van der Waals surface area contributed by atoms with Gasteiger partial charge in [-0.1, -0.05) is 19.1 Å². The van der Waals surface area contributed by atoms with Gasteiger partial charge < -0.3 is 4.74 Å². The van der Waals surface area contributed by atoms with Crippen LogP contribution in [0.15, 0.2) is 12.2 Å². The molecular weight excluding hydrogens is 164 g/mol. The molecule has 1 aliphatic heterocycles. The summed E-state index contributed by atoms with van der Waals surface area (Å²) in [5.41, 5.74) is 0. The van der Waals surface area contributed by atoms with E-state index in [2.05, 4.69) is 19.1 Å². The molecule has 0 unspecified atom stereocenters. The fourth-order valence-corrected chi connectivity index (χ4v) is 3.36. The zero-order valence-corrected chi connectivity index (χ0v) is 7.77.